The van der Waals surface area contributed by atoms with Gasteiger partial charge >= 0.3 is 0 Å². The minimum absolute atomic E-state index is 0.152. The van der Waals surface area contributed by atoms with Crippen molar-refractivity contribution in [3.05, 3.63) is 60.2 Å². The molecule has 1 unspecified atom stereocenters. The van der Waals surface area contributed by atoms with Crippen molar-refractivity contribution in [1.82, 2.24) is 20.3 Å². The lowest BCUT2D eigenvalue weighted by molar-refractivity contribution is 0.0921. The van der Waals surface area contributed by atoms with Gasteiger partial charge in [-0.3, -0.25) is 4.79 Å². The number of aromatic nitrogens is 3. The van der Waals surface area contributed by atoms with Crippen LogP contribution in [0.2, 0.25) is 0 Å². The molecule has 1 amide bonds. The van der Waals surface area contributed by atoms with E-state index in [2.05, 4.69) is 15.6 Å². The summed E-state index contributed by atoms with van der Waals surface area (Å²) in [5, 5.41) is 10.6. The van der Waals surface area contributed by atoms with Crippen molar-refractivity contribution < 1.29 is 23.4 Å². The summed E-state index contributed by atoms with van der Waals surface area (Å²) < 4.78 is 30.7. The summed E-state index contributed by atoms with van der Waals surface area (Å²) >= 11 is 0. The Kier molecular flexibility index (Phi) is 4.79. The molecule has 3 aromatic rings. The molecule has 1 aliphatic rings. The maximum Gasteiger partial charge on any atom is 0.273 e. The molecule has 4 rings (SSSR count). The van der Waals surface area contributed by atoms with E-state index in [0.29, 0.717) is 22.9 Å². The first-order valence-corrected chi connectivity index (χ1v) is 8.60. The summed E-state index contributed by atoms with van der Waals surface area (Å²) in [6, 6.07) is 10.7. The summed E-state index contributed by atoms with van der Waals surface area (Å²) in [5.74, 6) is 1.20. The molecule has 1 aromatic heterocycles. The molecule has 2 heterocycles. The molecule has 0 bridgehead atoms. The molecular weight excluding hydrogens is 367 g/mol. The van der Waals surface area contributed by atoms with Gasteiger partial charge in [0, 0.05) is 6.07 Å². The van der Waals surface area contributed by atoms with Crippen molar-refractivity contribution in [2.24, 2.45) is 0 Å². The standard InChI is InChI=1S/C19H17FN4O4/c1-12(10-26-15-6-7-17-18(8-15)28-11-27-17)21-19(25)16-9-24(23-22-16)14-4-2-13(20)3-5-14/h2-9,12H,10-11H2,1H3,(H,21,25). The van der Waals surface area contributed by atoms with Crippen LogP contribution in [0.4, 0.5) is 4.39 Å². The molecular formula is C19H17FN4O4. The third-order valence-corrected chi connectivity index (χ3v) is 4.04. The molecule has 0 saturated carbocycles. The average Bonchev–Trinajstić information content (AvgIpc) is 3.36. The first kappa shape index (κ1) is 17.8. The van der Waals surface area contributed by atoms with Crippen LogP contribution in [0.15, 0.2) is 48.7 Å². The second kappa shape index (κ2) is 7.55. The summed E-state index contributed by atoms with van der Waals surface area (Å²) in [6.45, 7) is 2.27. The molecule has 1 N–H and O–H groups in total. The number of nitrogens with zero attached hydrogens (tertiary/aromatic N) is 3. The third kappa shape index (κ3) is 3.88. The highest BCUT2D eigenvalue weighted by atomic mass is 19.1. The van der Waals surface area contributed by atoms with Crippen LogP contribution in [0.5, 0.6) is 17.2 Å². The number of benzene rings is 2. The minimum Gasteiger partial charge on any atom is -0.491 e. The van der Waals surface area contributed by atoms with E-state index in [9.17, 15) is 9.18 Å². The molecule has 0 aliphatic carbocycles. The van der Waals surface area contributed by atoms with Gasteiger partial charge in [0.05, 0.1) is 17.9 Å². The van der Waals surface area contributed by atoms with Gasteiger partial charge in [0.2, 0.25) is 6.79 Å². The number of halogens is 1. The average molecular weight is 384 g/mol. The van der Waals surface area contributed by atoms with Crippen LogP contribution in [-0.2, 0) is 0 Å². The number of carbonyl (C=O) groups is 1. The van der Waals surface area contributed by atoms with Crippen molar-refractivity contribution >= 4 is 5.91 Å². The number of nitrogens with one attached hydrogen (secondary N) is 1. The Bertz CT molecular complexity index is 990. The van der Waals surface area contributed by atoms with E-state index in [4.69, 9.17) is 14.2 Å². The van der Waals surface area contributed by atoms with Crippen LogP contribution >= 0.6 is 0 Å². The van der Waals surface area contributed by atoms with Crippen molar-refractivity contribution in [3.63, 3.8) is 0 Å². The summed E-state index contributed by atoms with van der Waals surface area (Å²) in [4.78, 5) is 12.3. The van der Waals surface area contributed by atoms with Crippen molar-refractivity contribution in [2.45, 2.75) is 13.0 Å². The lowest BCUT2D eigenvalue weighted by Gasteiger charge is -2.14. The van der Waals surface area contributed by atoms with Crippen LogP contribution in [0.25, 0.3) is 5.69 Å². The van der Waals surface area contributed by atoms with Gasteiger partial charge in [-0.25, -0.2) is 9.07 Å². The van der Waals surface area contributed by atoms with Gasteiger partial charge < -0.3 is 19.5 Å². The molecule has 8 nitrogen and oxygen atoms in total. The zero-order valence-electron chi connectivity index (χ0n) is 15.0. The normalized spacial score (nSPS) is 13.2. The van der Waals surface area contributed by atoms with E-state index >= 15 is 0 Å². The highest BCUT2D eigenvalue weighted by Crippen LogP contribution is 2.35. The fraction of sp³-hybridized carbons (Fsp3) is 0.211. The van der Waals surface area contributed by atoms with Gasteiger partial charge in [-0.05, 0) is 43.3 Å². The van der Waals surface area contributed by atoms with Crippen LogP contribution in [0.3, 0.4) is 0 Å². The van der Waals surface area contributed by atoms with Gasteiger partial charge in [-0.15, -0.1) is 5.10 Å². The second-order valence-electron chi connectivity index (χ2n) is 6.23. The number of carbonyl (C=O) groups excluding carboxylic acids is 1. The van der Waals surface area contributed by atoms with Crippen molar-refractivity contribution in [1.29, 1.82) is 0 Å². The molecule has 1 aliphatic heterocycles. The molecule has 9 heteroatoms. The topological polar surface area (TPSA) is 87.5 Å². The van der Waals surface area contributed by atoms with Crippen molar-refractivity contribution in [2.75, 3.05) is 13.4 Å². The number of fused-ring (bicyclic) bond motifs is 1. The highest BCUT2D eigenvalue weighted by Gasteiger charge is 2.16. The van der Waals surface area contributed by atoms with E-state index in [1.54, 1.807) is 30.3 Å². The van der Waals surface area contributed by atoms with E-state index in [0.717, 1.165) is 0 Å². The monoisotopic (exact) mass is 384 g/mol. The second-order valence-corrected chi connectivity index (χ2v) is 6.23. The van der Waals surface area contributed by atoms with Gasteiger partial charge in [0.1, 0.15) is 18.2 Å². The molecule has 0 spiro atoms. The number of hydrogen-bond acceptors (Lipinski definition) is 6. The number of ether oxygens (including phenoxy) is 3. The van der Waals surface area contributed by atoms with E-state index in [-0.39, 0.29) is 36.9 Å². The zero-order valence-corrected chi connectivity index (χ0v) is 15.0. The maximum atomic E-state index is 13.0. The predicted molar refractivity (Wildman–Crippen MR) is 96.3 cm³/mol. The molecule has 0 saturated heterocycles. The van der Waals surface area contributed by atoms with E-state index in [1.807, 2.05) is 6.92 Å². The molecule has 0 radical (unpaired) electrons. The summed E-state index contributed by atoms with van der Waals surface area (Å²) in [7, 11) is 0. The zero-order chi connectivity index (χ0) is 19.5. The predicted octanol–water partition coefficient (Wildman–Crippen LogP) is 2.33. The Balaban J connectivity index is 1.32. The highest BCUT2D eigenvalue weighted by molar-refractivity contribution is 5.92. The fourth-order valence-corrected chi connectivity index (χ4v) is 2.62. The summed E-state index contributed by atoms with van der Waals surface area (Å²) in [5.41, 5.74) is 0.756. The van der Waals surface area contributed by atoms with Crippen LogP contribution in [0.1, 0.15) is 17.4 Å². The Hall–Kier alpha value is -3.62. The molecule has 0 fully saturated rings. The number of amides is 1. The largest absolute Gasteiger partial charge is 0.491 e. The first-order valence-electron chi connectivity index (χ1n) is 8.60. The van der Waals surface area contributed by atoms with E-state index in [1.165, 1.54) is 23.0 Å². The lowest BCUT2D eigenvalue weighted by atomic mass is 10.3. The quantitative estimate of drug-likeness (QED) is 0.702. The fourth-order valence-electron chi connectivity index (χ4n) is 2.62. The number of rotatable bonds is 6. The Labute approximate surface area is 159 Å². The lowest BCUT2D eigenvalue weighted by Crippen LogP contribution is -2.37. The van der Waals surface area contributed by atoms with Crippen molar-refractivity contribution in [3.8, 4) is 22.9 Å². The van der Waals surface area contributed by atoms with Gasteiger partial charge in [-0.2, -0.15) is 0 Å². The summed E-state index contributed by atoms with van der Waals surface area (Å²) in [6.07, 6.45) is 1.48. The van der Waals surface area contributed by atoms with Gasteiger partial charge in [0.15, 0.2) is 17.2 Å². The molecule has 144 valence electrons. The Morgan fingerprint density at radius 2 is 2.04 bits per heavy atom. The molecule has 1 atom stereocenters. The molecule has 28 heavy (non-hydrogen) atoms. The maximum absolute atomic E-state index is 13.0. The van der Waals surface area contributed by atoms with Crippen LogP contribution in [0, 0.1) is 5.82 Å². The third-order valence-electron chi connectivity index (χ3n) is 4.04. The molecule has 2 aromatic carbocycles. The first-order chi connectivity index (χ1) is 13.6. The minimum atomic E-state index is -0.379. The van der Waals surface area contributed by atoms with Gasteiger partial charge in [-0.1, -0.05) is 5.21 Å². The van der Waals surface area contributed by atoms with Crippen LogP contribution < -0.4 is 19.5 Å². The van der Waals surface area contributed by atoms with Crippen LogP contribution in [-0.4, -0.2) is 40.3 Å². The number of hydrogen-bond donors (Lipinski definition) is 1. The van der Waals surface area contributed by atoms with E-state index < -0.39 is 0 Å². The SMILES string of the molecule is CC(COc1ccc2c(c1)OCO2)NC(=O)c1cn(-c2ccc(F)cc2)nn1. The van der Waals surface area contributed by atoms with Gasteiger partial charge in [0.25, 0.3) is 5.91 Å². The Morgan fingerprint density at radius 1 is 1.25 bits per heavy atom. The smallest absolute Gasteiger partial charge is 0.273 e. The Morgan fingerprint density at radius 3 is 2.86 bits per heavy atom.